The molecule has 0 bridgehead atoms. The summed E-state index contributed by atoms with van der Waals surface area (Å²) in [4.78, 5) is 37.5. The fourth-order valence-electron chi connectivity index (χ4n) is 6.27. The maximum Gasteiger partial charge on any atom is 0.407 e. The lowest BCUT2D eigenvalue weighted by atomic mass is 9.75. The number of rotatable bonds is 11. The van der Waals surface area contributed by atoms with Crippen LogP contribution in [0, 0.1) is 5.41 Å². The molecule has 2 aromatic heterocycles. The maximum absolute atomic E-state index is 14.9. The molecule has 2 amide bonds. The number of ether oxygens (including phenoxy) is 1. The van der Waals surface area contributed by atoms with Gasteiger partial charge in [0.05, 0.1) is 29.0 Å². The van der Waals surface area contributed by atoms with Gasteiger partial charge < -0.3 is 15.8 Å². The summed E-state index contributed by atoms with van der Waals surface area (Å²) in [5, 5.41) is 11.2. The molecule has 50 heavy (non-hydrogen) atoms. The summed E-state index contributed by atoms with van der Waals surface area (Å²) in [7, 11) is 0. The molecule has 15 heteroatoms. The predicted molar refractivity (Wildman–Crippen MR) is 184 cm³/mol. The second-order valence-corrected chi connectivity index (χ2v) is 14.6. The fraction of sp³-hybridized carbons (Fsp3) is 0.429. The normalized spacial score (nSPS) is 18.6. The minimum absolute atomic E-state index is 0.0857. The molecule has 6 rings (SSSR count). The molecule has 1 aliphatic carbocycles. The van der Waals surface area contributed by atoms with Crippen molar-refractivity contribution in [1.29, 1.82) is 0 Å². The number of nitrogens with zero attached hydrogens (tertiary/aromatic N) is 7. The van der Waals surface area contributed by atoms with Crippen LogP contribution in [-0.4, -0.2) is 60.1 Å². The van der Waals surface area contributed by atoms with Crippen molar-refractivity contribution in [3.05, 3.63) is 83.2 Å². The summed E-state index contributed by atoms with van der Waals surface area (Å²) < 4.78 is 36.2. The van der Waals surface area contributed by atoms with Crippen LogP contribution < -0.4 is 11.1 Å². The molecule has 12 nitrogen and oxygen atoms in total. The Hall–Kier alpha value is -4.85. The number of aliphatic imine (C=N–C) groups is 1. The van der Waals surface area contributed by atoms with E-state index in [1.54, 1.807) is 19.9 Å². The summed E-state index contributed by atoms with van der Waals surface area (Å²) >= 11 is 6.48. The van der Waals surface area contributed by atoms with Crippen molar-refractivity contribution in [2.45, 2.75) is 84.0 Å². The van der Waals surface area contributed by atoms with Gasteiger partial charge in [0.2, 0.25) is 0 Å². The third kappa shape index (κ3) is 7.07. The van der Waals surface area contributed by atoms with Gasteiger partial charge in [0.15, 0.2) is 17.3 Å². The van der Waals surface area contributed by atoms with E-state index in [1.165, 1.54) is 17.0 Å². The summed E-state index contributed by atoms with van der Waals surface area (Å²) in [6, 6.07) is 11.5. The van der Waals surface area contributed by atoms with Gasteiger partial charge >= 0.3 is 6.09 Å². The molecule has 1 aliphatic heterocycles. The zero-order valence-corrected chi connectivity index (χ0v) is 29.2. The van der Waals surface area contributed by atoms with E-state index in [-0.39, 0.29) is 34.7 Å². The van der Waals surface area contributed by atoms with Crippen molar-refractivity contribution < 1.29 is 23.1 Å². The summed E-state index contributed by atoms with van der Waals surface area (Å²) in [6.07, 6.45) is 3.77. The topological polar surface area (TPSA) is 146 Å². The lowest BCUT2D eigenvalue weighted by Gasteiger charge is -2.35. The minimum atomic E-state index is -2.93. The number of benzene rings is 2. The van der Waals surface area contributed by atoms with Gasteiger partial charge in [-0.1, -0.05) is 62.7 Å². The van der Waals surface area contributed by atoms with Crippen LogP contribution in [0.5, 0.6) is 0 Å². The van der Waals surface area contributed by atoms with E-state index in [0.29, 0.717) is 23.6 Å². The van der Waals surface area contributed by atoms with Crippen molar-refractivity contribution in [3.63, 3.8) is 0 Å². The molecule has 1 fully saturated rings. The van der Waals surface area contributed by atoms with Gasteiger partial charge in [0.25, 0.3) is 12.3 Å². The monoisotopic (exact) mass is 707 g/mol. The molecule has 3 N–H and O–H groups in total. The Kier molecular flexibility index (Phi) is 9.42. The first-order chi connectivity index (χ1) is 23.7. The number of nitrogens with two attached hydrogens (primary N) is 1. The summed E-state index contributed by atoms with van der Waals surface area (Å²) in [6.45, 7) is 9.26. The first-order valence-electron chi connectivity index (χ1n) is 16.4. The fourth-order valence-corrected chi connectivity index (χ4v) is 6.47. The molecule has 3 heterocycles. The van der Waals surface area contributed by atoms with Crippen LogP contribution in [0.15, 0.2) is 66.2 Å². The van der Waals surface area contributed by atoms with Crippen LogP contribution in [0.25, 0.3) is 16.8 Å². The smallest absolute Gasteiger partial charge is 0.407 e. The lowest BCUT2D eigenvalue weighted by molar-refractivity contribution is -0.135. The quantitative estimate of drug-likeness (QED) is 0.176. The Balaban J connectivity index is 1.40. The van der Waals surface area contributed by atoms with Crippen LogP contribution in [0.1, 0.15) is 89.3 Å². The van der Waals surface area contributed by atoms with E-state index in [2.05, 4.69) is 20.5 Å². The lowest BCUT2D eigenvalue weighted by Crippen LogP contribution is -2.47. The Bertz CT molecular complexity index is 1910. The van der Waals surface area contributed by atoms with E-state index >= 15 is 0 Å². The van der Waals surface area contributed by atoms with Crippen molar-refractivity contribution in [1.82, 2.24) is 34.8 Å². The van der Waals surface area contributed by atoms with Gasteiger partial charge in [0.1, 0.15) is 12.9 Å². The minimum Gasteiger partial charge on any atom is -0.447 e. The third-order valence-electron chi connectivity index (χ3n) is 8.57. The number of alkyl halides is 2. The number of guanidine groups is 1. The molecule has 1 saturated carbocycles. The first-order valence-corrected chi connectivity index (χ1v) is 16.8. The van der Waals surface area contributed by atoms with Crippen molar-refractivity contribution in [2.24, 2.45) is 16.1 Å². The van der Waals surface area contributed by atoms with Crippen LogP contribution in [0.4, 0.5) is 13.6 Å². The van der Waals surface area contributed by atoms with E-state index in [9.17, 15) is 18.4 Å². The Morgan fingerprint density at radius 3 is 2.48 bits per heavy atom. The van der Waals surface area contributed by atoms with Crippen molar-refractivity contribution in [3.8, 4) is 16.8 Å². The molecule has 0 radical (unpaired) electrons. The number of nitrogens with one attached hydrogen (secondary N) is 1. The molecule has 2 aliphatic rings. The van der Waals surface area contributed by atoms with Gasteiger partial charge in [-0.25, -0.2) is 28.2 Å². The maximum atomic E-state index is 14.9. The number of halogens is 3. The van der Waals surface area contributed by atoms with Gasteiger partial charge in [-0.05, 0) is 67.3 Å². The molecule has 2 atom stereocenters. The van der Waals surface area contributed by atoms with Crippen molar-refractivity contribution >= 4 is 29.6 Å². The third-order valence-corrected chi connectivity index (χ3v) is 8.89. The predicted octanol–water partition coefficient (Wildman–Crippen LogP) is 6.72. The van der Waals surface area contributed by atoms with Gasteiger partial charge in [-0.2, -0.15) is 10.2 Å². The molecular weight excluding hydrogens is 668 g/mol. The van der Waals surface area contributed by atoms with Gasteiger partial charge in [-0.15, -0.1) is 0 Å². The zero-order chi connectivity index (χ0) is 36.0. The number of carbonyl (C=O) groups excluding carboxylic acids is 2. The average molecular weight is 708 g/mol. The number of amides is 2. The largest absolute Gasteiger partial charge is 0.447 e. The van der Waals surface area contributed by atoms with Gasteiger partial charge in [0, 0.05) is 17.8 Å². The van der Waals surface area contributed by atoms with Crippen LogP contribution in [0.2, 0.25) is 5.02 Å². The van der Waals surface area contributed by atoms with Crippen LogP contribution in [-0.2, 0) is 15.1 Å². The summed E-state index contributed by atoms with van der Waals surface area (Å²) in [5.41, 5.74) is 7.88. The molecule has 0 spiro atoms. The highest BCUT2D eigenvalue weighted by Gasteiger charge is 2.53. The molecule has 264 valence electrons. The Morgan fingerprint density at radius 2 is 1.84 bits per heavy atom. The Labute approximate surface area is 293 Å². The number of aromatic nitrogens is 5. The van der Waals surface area contributed by atoms with E-state index < -0.39 is 35.8 Å². The highest BCUT2D eigenvalue weighted by atomic mass is 35.5. The van der Waals surface area contributed by atoms with Crippen molar-refractivity contribution in [2.75, 3.05) is 6.61 Å². The number of hydrogen-bond donors (Lipinski definition) is 2. The van der Waals surface area contributed by atoms with E-state index in [1.807, 2.05) is 62.1 Å². The van der Waals surface area contributed by atoms with E-state index in [0.717, 1.165) is 35.0 Å². The number of carbonyl (C=O) groups is 2. The SMILES string of the molecule is CC(C)NC(=O)OCC(c1ccc(Cl)c(-n2ncnc2C(F)F)c1)N1C(=O)[C@@](CC(C)(C)C)(c2ccc(-c3cnn(C4CC4)c3)cc2)N=C1N. The first kappa shape index (κ1) is 35.0. The van der Waals surface area contributed by atoms with E-state index in [4.69, 9.17) is 27.1 Å². The second kappa shape index (κ2) is 13.5. The number of hydrogen-bond acceptors (Lipinski definition) is 8. The molecular formula is C35H40ClF2N9O3. The highest BCUT2D eigenvalue weighted by Crippen LogP contribution is 2.45. The molecule has 0 saturated heterocycles. The molecule has 2 aromatic carbocycles. The molecule has 4 aromatic rings. The van der Waals surface area contributed by atoms with Gasteiger partial charge in [-0.3, -0.25) is 14.4 Å². The standard InChI is InChI=1S/C35H40ClF2N9O3/c1-20(2)43-33(49)50-17-28(22-8-13-26(36)27(14-22)47-30(29(37)38)40-19-42-47)46-31(48)35(44-32(46)39,18-34(3,4)5)24-9-6-21(7-10-24)23-15-41-45(16-23)25-11-12-25/h6-10,13-16,19-20,25,28-29H,11-12,17-18H2,1-5H3,(H2,39,44)(H,43,49)/t28?,35-/m1/s1. The average Bonchev–Trinajstić information content (AvgIpc) is 3.45. The zero-order valence-electron chi connectivity index (χ0n) is 28.5. The number of alkyl carbamates (subject to hydrolysis) is 1. The molecule has 1 unspecified atom stereocenters. The summed E-state index contributed by atoms with van der Waals surface area (Å²) in [5.74, 6) is -1.13. The Morgan fingerprint density at radius 1 is 1.12 bits per heavy atom. The highest BCUT2D eigenvalue weighted by molar-refractivity contribution is 6.32. The van der Waals surface area contributed by atoms with Crippen LogP contribution >= 0.6 is 11.6 Å². The van der Waals surface area contributed by atoms with Crippen LogP contribution in [0.3, 0.4) is 0 Å². The second-order valence-electron chi connectivity index (χ2n) is 14.2.